The van der Waals surface area contributed by atoms with Gasteiger partial charge in [-0.25, -0.2) is 0 Å². The normalized spacial score (nSPS) is 14.1. The maximum atomic E-state index is 12.8. The molecule has 0 fully saturated rings. The number of hydrogen-bond donors (Lipinski definition) is 1. The number of amides is 1. The van der Waals surface area contributed by atoms with Gasteiger partial charge in [-0.05, 0) is 41.8 Å². The zero-order chi connectivity index (χ0) is 22.5. The minimum atomic E-state index is -0.147. The summed E-state index contributed by atoms with van der Waals surface area (Å²) in [4.78, 5) is 12.8. The van der Waals surface area contributed by atoms with Crippen molar-refractivity contribution in [3.8, 4) is 17.2 Å². The Balaban J connectivity index is 1.43. The highest BCUT2D eigenvalue weighted by Crippen LogP contribution is 2.34. The minimum absolute atomic E-state index is 0.0820. The van der Waals surface area contributed by atoms with Gasteiger partial charge < -0.3 is 14.8 Å². The van der Waals surface area contributed by atoms with Crippen LogP contribution in [0, 0.1) is 5.92 Å². The van der Waals surface area contributed by atoms with Gasteiger partial charge in [-0.2, -0.15) is 0 Å². The summed E-state index contributed by atoms with van der Waals surface area (Å²) in [5.74, 6) is 1.80. The zero-order valence-corrected chi connectivity index (χ0v) is 19.5. The largest absolute Gasteiger partial charge is 0.490 e. The van der Waals surface area contributed by atoms with E-state index in [1.807, 2.05) is 41.0 Å². The van der Waals surface area contributed by atoms with Crippen molar-refractivity contribution < 1.29 is 14.3 Å². The third-order valence-corrected chi connectivity index (χ3v) is 6.23. The first-order valence-corrected chi connectivity index (χ1v) is 11.9. The fraction of sp³-hybridized carbons (Fsp3) is 0.348. The third kappa shape index (κ3) is 5.37. The van der Waals surface area contributed by atoms with Crippen molar-refractivity contribution in [3.05, 3.63) is 59.4 Å². The highest BCUT2D eigenvalue weighted by atomic mass is 35.5. The van der Waals surface area contributed by atoms with E-state index in [1.54, 1.807) is 12.4 Å². The number of fused-ring (bicyclic) bond motifs is 1. The second kappa shape index (κ2) is 10.3. The molecule has 0 unspecified atom stereocenters. The molecule has 3 aromatic rings. The van der Waals surface area contributed by atoms with Crippen molar-refractivity contribution in [2.45, 2.75) is 31.5 Å². The van der Waals surface area contributed by atoms with Crippen LogP contribution in [0.2, 0.25) is 5.02 Å². The molecule has 1 N–H and O–H groups in total. The SMILES string of the molecule is CC(C)[C@H](NC(=O)CSc1nncn1-c1cccc(Cl)c1)c1ccc2c(c1)OCCCO2. The second-order valence-corrected chi connectivity index (χ2v) is 9.18. The third-order valence-electron chi connectivity index (χ3n) is 5.05. The lowest BCUT2D eigenvalue weighted by Gasteiger charge is -2.24. The molecule has 0 aliphatic carbocycles. The molecule has 1 aliphatic heterocycles. The number of thioether (sulfide) groups is 1. The monoisotopic (exact) mass is 472 g/mol. The first-order chi connectivity index (χ1) is 15.5. The lowest BCUT2D eigenvalue weighted by atomic mass is 9.95. The quantitative estimate of drug-likeness (QED) is 0.503. The first-order valence-electron chi connectivity index (χ1n) is 10.5. The second-order valence-electron chi connectivity index (χ2n) is 7.80. The molecule has 2 heterocycles. The van der Waals surface area contributed by atoms with Crippen molar-refractivity contribution in [1.29, 1.82) is 0 Å². The molecular weight excluding hydrogens is 448 g/mol. The van der Waals surface area contributed by atoms with Crippen LogP contribution in [0.25, 0.3) is 5.69 Å². The Labute approximate surface area is 196 Å². The van der Waals surface area contributed by atoms with Gasteiger partial charge >= 0.3 is 0 Å². The molecule has 0 radical (unpaired) electrons. The smallest absolute Gasteiger partial charge is 0.230 e. The van der Waals surface area contributed by atoms with E-state index >= 15 is 0 Å². The van der Waals surface area contributed by atoms with E-state index in [2.05, 4.69) is 29.4 Å². The number of nitrogens with one attached hydrogen (secondary N) is 1. The molecule has 0 saturated carbocycles. The van der Waals surface area contributed by atoms with Crippen molar-refractivity contribution in [1.82, 2.24) is 20.1 Å². The molecule has 168 valence electrons. The average Bonchev–Trinajstić information content (AvgIpc) is 3.12. The van der Waals surface area contributed by atoms with E-state index in [0.29, 0.717) is 23.4 Å². The summed E-state index contributed by atoms with van der Waals surface area (Å²) in [6.07, 6.45) is 2.46. The Morgan fingerprint density at radius 1 is 1.19 bits per heavy atom. The highest BCUT2D eigenvalue weighted by Gasteiger charge is 2.21. The van der Waals surface area contributed by atoms with E-state index in [9.17, 15) is 4.79 Å². The molecule has 1 aromatic heterocycles. The number of hydrogen-bond acceptors (Lipinski definition) is 6. The summed E-state index contributed by atoms with van der Waals surface area (Å²) in [6.45, 7) is 5.43. The fourth-order valence-electron chi connectivity index (χ4n) is 3.48. The lowest BCUT2D eigenvalue weighted by molar-refractivity contribution is -0.119. The molecule has 0 bridgehead atoms. The highest BCUT2D eigenvalue weighted by molar-refractivity contribution is 7.99. The Morgan fingerprint density at radius 2 is 2.00 bits per heavy atom. The Bertz CT molecular complexity index is 1090. The number of rotatable bonds is 7. The minimum Gasteiger partial charge on any atom is -0.490 e. The summed E-state index contributed by atoms with van der Waals surface area (Å²) >= 11 is 7.42. The number of carbonyl (C=O) groups excluding carboxylic acids is 1. The Kier molecular flexibility index (Phi) is 7.22. The van der Waals surface area contributed by atoms with Crippen LogP contribution in [0.3, 0.4) is 0 Å². The molecule has 9 heteroatoms. The van der Waals surface area contributed by atoms with Gasteiger partial charge in [0.2, 0.25) is 5.91 Å². The maximum absolute atomic E-state index is 12.8. The van der Waals surface area contributed by atoms with E-state index in [1.165, 1.54) is 11.8 Å². The summed E-state index contributed by atoms with van der Waals surface area (Å²) in [5, 5.41) is 12.5. The summed E-state index contributed by atoms with van der Waals surface area (Å²) in [7, 11) is 0. The van der Waals surface area contributed by atoms with Gasteiger partial charge in [0.25, 0.3) is 0 Å². The van der Waals surface area contributed by atoms with Crippen molar-refractivity contribution >= 4 is 29.3 Å². The molecule has 4 rings (SSSR count). The number of halogens is 1. The number of benzene rings is 2. The van der Waals surface area contributed by atoms with Crippen molar-refractivity contribution in [2.24, 2.45) is 5.92 Å². The molecule has 1 amide bonds. The van der Waals surface area contributed by atoms with E-state index < -0.39 is 0 Å². The average molecular weight is 473 g/mol. The van der Waals surface area contributed by atoms with Gasteiger partial charge in [-0.1, -0.05) is 49.3 Å². The van der Waals surface area contributed by atoms with Gasteiger partial charge in [0.1, 0.15) is 6.33 Å². The standard InChI is InChI=1S/C23H25ClN4O3S/c1-15(2)22(16-7-8-19-20(11-16)31-10-4-9-30-19)26-21(29)13-32-23-27-25-14-28(23)18-6-3-5-17(24)12-18/h3,5-8,11-12,14-15,22H,4,9-10,13H2,1-2H3,(H,26,29)/t22-/m0/s1. The predicted molar refractivity (Wildman–Crippen MR) is 125 cm³/mol. The summed E-state index contributed by atoms with van der Waals surface area (Å²) in [6, 6.07) is 13.1. The Morgan fingerprint density at radius 3 is 2.78 bits per heavy atom. The van der Waals surface area contributed by atoms with Gasteiger partial charge in [0.15, 0.2) is 16.7 Å². The molecule has 2 aromatic carbocycles. The topological polar surface area (TPSA) is 78.3 Å². The van der Waals surface area contributed by atoms with Gasteiger partial charge in [-0.15, -0.1) is 10.2 Å². The van der Waals surface area contributed by atoms with Crippen molar-refractivity contribution in [2.75, 3.05) is 19.0 Å². The van der Waals surface area contributed by atoms with Gasteiger partial charge in [0, 0.05) is 11.4 Å². The van der Waals surface area contributed by atoms with E-state index in [-0.39, 0.29) is 23.6 Å². The molecule has 32 heavy (non-hydrogen) atoms. The molecule has 0 spiro atoms. The van der Waals surface area contributed by atoms with Crippen molar-refractivity contribution in [3.63, 3.8) is 0 Å². The molecule has 0 saturated heterocycles. The van der Waals surface area contributed by atoms with Gasteiger partial charge in [-0.3, -0.25) is 9.36 Å². The van der Waals surface area contributed by atoms with Crippen LogP contribution >= 0.6 is 23.4 Å². The lowest BCUT2D eigenvalue weighted by Crippen LogP contribution is -2.33. The predicted octanol–water partition coefficient (Wildman–Crippen LogP) is 4.69. The van der Waals surface area contributed by atoms with Crippen LogP contribution in [-0.4, -0.2) is 39.6 Å². The maximum Gasteiger partial charge on any atom is 0.230 e. The fourth-order valence-corrected chi connectivity index (χ4v) is 4.40. The van der Waals surface area contributed by atoms with Crippen LogP contribution in [0.5, 0.6) is 11.5 Å². The molecule has 7 nitrogen and oxygen atoms in total. The zero-order valence-electron chi connectivity index (χ0n) is 18.0. The number of nitrogens with zero attached hydrogens (tertiary/aromatic N) is 3. The summed E-state index contributed by atoms with van der Waals surface area (Å²) in [5.41, 5.74) is 1.84. The number of aromatic nitrogens is 3. The summed E-state index contributed by atoms with van der Waals surface area (Å²) < 4.78 is 13.3. The van der Waals surface area contributed by atoms with E-state index in [0.717, 1.165) is 29.2 Å². The van der Waals surface area contributed by atoms with Gasteiger partial charge in [0.05, 0.1) is 30.7 Å². The van der Waals surface area contributed by atoms with Crippen LogP contribution in [0.1, 0.15) is 31.9 Å². The first kappa shape index (κ1) is 22.5. The van der Waals surface area contributed by atoms with E-state index in [4.69, 9.17) is 21.1 Å². The van der Waals surface area contributed by atoms with Crippen LogP contribution < -0.4 is 14.8 Å². The van der Waals surface area contributed by atoms with Crippen LogP contribution in [-0.2, 0) is 4.79 Å². The Hall–Kier alpha value is -2.71. The molecule has 1 aliphatic rings. The molecule has 1 atom stereocenters. The van der Waals surface area contributed by atoms with Crippen LogP contribution in [0.4, 0.5) is 0 Å². The number of ether oxygens (including phenoxy) is 2. The number of carbonyl (C=O) groups is 1. The molecular formula is C23H25ClN4O3S. The van der Waals surface area contributed by atoms with Crippen LogP contribution in [0.15, 0.2) is 53.9 Å².